The van der Waals surface area contributed by atoms with Gasteiger partial charge in [-0.2, -0.15) is 0 Å². The number of nitrogens with one attached hydrogen (secondary N) is 1. The lowest BCUT2D eigenvalue weighted by atomic mass is 10.00. The van der Waals surface area contributed by atoms with Crippen molar-refractivity contribution in [1.82, 2.24) is 4.98 Å². The summed E-state index contributed by atoms with van der Waals surface area (Å²) in [5.41, 5.74) is 3.10. The number of H-pyrrole nitrogens is 1. The van der Waals surface area contributed by atoms with Gasteiger partial charge in [-0.3, -0.25) is 4.21 Å². The second kappa shape index (κ2) is 6.65. The average molecular weight is 368 g/mol. The second-order valence-corrected chi connectivity index (χ2v) is 7.58. The molecular formula is C17H15Cl2NO2S. The van der Waals surface area contributed by atoms with Crippen molar-refractivity contribution in [2.24, 2.45) is 0 Å². The first-order chi connectivity index (χ1) is 11.0. The third kappa shape index (κ3) is 3.17. The molecule has 6 heteroatoms. The second-order valence-electron chi connectivity index (χ2n) is 5.32. The molecule has 2 aromatic carbocycles. The monoisotopic (exact) mass is 367 g/mol. The van der Waals surface area contributed by atoms with E-state index in [1.54, 1.807) is 12.3 Å². The minimum atomic E-state index is -1.12. The van der Waals surface area contributed by atoms with Gasteiger partial charge < -0.3 is 10.1 Å². The van der Waals surface area contributed by atoms with Gasteiger partial charge in [0.05, 0.1) is 21.5 Å². The zero-order chi connectivity index (χ0) is 16.6. The number of halogens is 2. The Morgan fingerprint density at radius 1 is 1.17 bits per heavy atom. The molecule has 3 aromatic rings. The summed E-state index contributed by atoms with van der Waals surface area (Å²) in [6, 6.07) is 13.2. The molecule has 0 spiro atoms. The van der Waals surface area contributed by atoms with Crippen molar-refractivity contribution in [3.63, 3.8) is 0 Å². The normalized spacial score (nSPS) is 14.1. The summed E-state index contributed by atoms with van der Waals surface area (Å²) in [5.74, 6) is 0.151. The maximum Gasteiger partial charge on any atom is 0.106 e. The minimum absolute atomic E-state index is 0.151. The molecular weight excluding hydrogens is 353 g/mol. The summed E-state index contributed by atoms with van der Waals surface area (Å²) in [5, 5.41) is 12.2. The van der Waals surface area contributed by atoms with Crippen molar-refractivity contribution < 1.29 is 9.32 Å². The predicted octanol–water partition coefficient (Wildman–Crippen LogP) is 4.55. The van der Waals surface area contributed by atoms with E-state index in [-0.39, 0.29) is 5.75 Å². The molecule has 2 N–H and O–H groups in total. The van der Waals surface area contributed by atoms with Crippen LogP contribution in [0.3, 0.4) is 0 Å². The third-order valence-electron chi connectivity index (χ3n) is 3.67. The highest BCUT2D eigenvalue weighted by atomic mass is 35.5. The van der Waals surface area contributed by atoms with E-state index in [4.69, 9.17) is 23.2 Å². The van der Waals surface area contributed by atoms with E-state index < -0.39 is 16.9 Å². The molecule has 2 unspecified atom stereocenters. The van der Waals surface area contributed by atoms with Gasteiger partial charge in [-0.15, -0.1) is 0 Å². The molecule has 120 valence electrons. The quantitative estimate of drug-likeness (QED) is 0.710. The highest BCUT2D eigenvalue weighted by molar-refractivity contribution is 7.84. The summed E-state index contributed by atoms with van der Waals surface area (Å²) < 4.78 is 11.5. The summed E-state index contributed by atoms with van der Waals surface area (Å²) >= 11 is 12.6. The standard InChI is InChI=1S/C17H15Cl2NO2S/c1-23(22)9-13(21)17-14(10-5-3-2-4-6-10)15-12(20-17)8-7-11(18)16(15)19/h2-8,13,20-21H,9H2,1H3. The molecule has 0 aliphatic carbocycles. The lowest BCUT2D eigenvalue weighted by Gasteiger charge is -2.11. The predicted molar refractivity (Wildman–Crippen MR) is 97.6 cm³/mol. The van der Waals surface area contributed by atoms with E-state index in [2.05, 4.69) is 4.98 Å². The minimum Gasteiger partial charge on any atom is -0.386 e. The molecule has 1 aromatic heterocycles. The number of aliphatic hydroxyl groups excluding tert-OH is 1. The molecule has 0 amide bonds. The maximum absolute atomic E-state index is 11.5. The van der Waals surface area contributed by atoms with E-state index >= 15 is 0 Å². The van der Waals surface area contributed by atoms with Crippen LogP contribution in [-0.2, 0) is 10.8 Å². The van der Waals surface area contributed by atoms with Crippen molar-refractivity contribution in [2.45, 2.75) is 6.10 Å². The summed E-state index contributed by atoms with van der Waals surface area (Å²) in [4.78, 5) is 3.21. The molecule has 0 radical (unpaired) electrons. The number of fused-ring (bicyclic) bond motifs is 1. The summed E-state index contributed by atoms with van der Waals surface area (Å²) in [7, 11) is -1.12. The summed E-state index contributed by atoms with van der Waals surface area (Å²) in [6.07, 6.45) is 0.691. The number of hydrogen-bond acceptors (Lipinski definition) is 2. The Morgan fingerprint density at radius 2 is 1.87 bits per heavy atom. The molecule has 23 heavy (non-hydrogen) atoms. The van der Waals surface area contributed by atoms with Gasteiger partial charge in [-0.05, 0) is 17.7 Å². The molecule has 3 nitrogen and oxygen atoms in total. The molecule has 0 saturated heterocycles. The topological polar surface area (TPSA) is 53.1 Å². The van der Waals surface area contributed by atoms with Crippen molar-refractivity contribution in [2.75, 3.05) is 12.0 Å². The highest BCUT2D eigenvalue weighted by Crippen LogP contribution is 2.41. The zero-order valence-corrected chi connectivity index (χ0v) is 14.7. The van der Waals surface area contributed by atoms with E-state index in [0.29, 0.717) is 15.7 Å². The fraction of sp³-hybridized carbons (Fsp3) is 0.176. The van der Waals surface area contributed by atoms with Crippen LogP contribution in [0.15, 0.2) is 42.5 Å². The first kappa shape index (κ1) is 16.5. The molecule has 0 aliphatic heterocycles. The van der Waals surface area contributed by atoms with Gasteiger partial charge in [0.25, 0.3) is 0 Å². The first-order valence-electron chi connectivity index (χ1n) is 7.02. The lowest BCUT2D eigenvalue weighted by Crippen LogP contribution is -2.09. The van der Waals surface area contributed by atoms with Gasteiger partial charge in [0.2, 0.25) is 0 Å². The lowest BCUT2D eigenvalue weighted by molar-refractivity contribution is 0.199. The Kier molecular flexibility index (Phi) is 4.78. The van der Waals surface area contributed by atoms with E-state index in [1.165, 1.54) is 0 Å². The van der Waals surface area contributed by atoms with Crippen LogP contribution in [-0.4, -0.2) is 26.3 Å². The van der Waals surface area contributed by atoms with Gasteiger partial charge in [-0.1, -0.05) is 53.5 Å². The average Bonchev–Trinajstić information content (AvgIpc) is 2.91. The van der Waals surface area contributed by atoms with Gasteiger partial charge in [-0.25, -0.2) is 0 Å². The van der Waals surface area contributed by atoms with Gasteiger partial charge in [0, 0.05) is 33.5 Å². The Balaban J connectivity index is 2.31. The highest BCUT2D eigenvalue weighted by Gasteiger charge is 2.22. The first-order valence-corrected chi connectivity index (χ1v) is 9.50. The van der Waals surface area contributed by atoms with Crippen molar-refractivity contribution in [1.29, 1.82) is 0 Å². The largest absolute Gasteiger partial charge is 0.386 e. The molecule has 1 heterocycles. The van der Waals surface area contributed by atoms with Gasteiger partial charge in [0.1, 0.15) is 6.10 Å². The molecule has 0 fully saturated rings. The van der Waals surface area contributed by atoms with Crippen LogP contribution >= 0.6 is 23.2 Å². The van der Waals surface area contributed by atoms with Crippen molar-refractivity contribution >= 4 is 44.9 Å². The summed E-state index contributed by atoms with van der Waals surface area (Å²) in [6.45, 7) is 0. The number of benzene rings is 2. The Bertz CT molecular complexity index is 877. The van der Waals surface area contributed by atoms with Crippen LogP contribution in [0.25, 0.3) is 22.0 Å². The number of rotatable bonds is 4. The fourth-order valence-electron chi connectivity index (χ4n) is 2.70. The van der Waals surface area contributed by atoms with Gasteiger partial charge >= 0.3 is 0 Å². The van der Waals surface area contributed by atoms with Gasteiger partial charge in [0.15, 0.2) is 0 Å². The number of aliphatic hydroxyl groups is 1. The van der Waals surface area contributed by atoms with Crippen LogP contribution < -0.4 is 0 Å². The number of hydrogen-bond donors (Lipinski definition) is 2. The van der Waals surface area contributed by atoms with E-state index in [1.807, 2.05) is 36.4 Å². The molecule has 2 atom stereocenters. The van der Waals surface area contributed by atoms with E-state index in [9.17, 15) is 9.32 Å². The molecule has 0 aliphatic rings. The van der Waals surface area contributed by atoms with Crippen LogP contribution in [0.5, 0.6) is 0 Å². The molecule has 0 bridgehead atoms. The smallest absolute Gasteiger partial charge is 0.106 e. The van der Waals surface area contributed by atoms with Crippen LogP contribution in [0.2, 0.25) is 10.0 Å². The fourth-order valence-corrected chi connectivity index (χ4v) is 3.73. The van der Waals surface area contributed by atoms with Crippen LogP contribution in [0.4, 0.5) is 0 Å². The van der Waals surface area contributed by atoms with Crippen LogP contribution in [0, 0.1) is 0 Å². The van der Waals surface area contributed by atoms with E-state index in [0.717, 1.165) is 22.0 Å². The van der Waals surface area contributed by atoms with Crippen molar-refractivity contribution in [3.8, 4) is 11.1 Å². The zero-order valence-electron chi connectivity index (χ0n) is 12.3. The Labute approximate surface area is 146 Å². The number of aromatic nitrogens is 1. The van der Waals surface area contributed by atoms with Crippen LogP contribution in [0.1, 0.15) is 11.8 Å². The molecule has 3 rings (SSSR count). The molecule has 0 saturated carbocycles. The Hall–Kier alpha value is -1.33. The SMILES string of the molecule is CS(=O)CC(O)c1[nH]c2ccc(Cl)c(Cl)c2c1-c1ccccc1. The number of aromatic amines is 1. The van der Waals surface area contributed by atoms with Crippen molar-refractivity contribution in [3.05, 3.63) is 58.2 Å². The third-order valence-corrected chi connectivity index (χ3v) is 5.26. The maximum atomic E-state index is 11.5. The Morgan fingerprint density at radius 3 is 2.52 bits per heavy atom.